The highest BCUT2D eigenvalue weighted by atomic mass is 16.5. The number of ether oxygens (including phenoxy) is 1. The Balaban J connectivity index is 1.81. The van der Waals surface area contributed by atoms with Gasteiger partial charge in [0.1, 0.15) is 0 Å². The van der Waals surface area contributed by atoms with Crippen molar-refractivity contribution in [2.24, 2.45) is 51.8 Å². The van der Waals surface area contributed by atoms with Crippen molar-refractivity contribution in [1.82, 2.24) is 0 Å². The summed E-state index contributed by atoms with van der Waals surface area (Å²) in [6, 6.07) is 0. The molecule has 1 heterocycles. The summed E-state index contributed by atoms with van der Waals surface area (Å²) < 4.78 is 6.16. The van der Waals surface area contributed by atoms with Gasteiger partial charge in [0, 0.05) is 5.41 Å². The molecular formula is C21H36O. The Kier molecular flexibility index (Phi) is 3.18. The molecule has 0 aromatic carbocycles. The van der Waals surface area contributed by atoms with Crippen molar-refractivity contribution >= 4 is 0 Å². The Labute approximate surface area is 137 Å². The molecule has 1 spiro atoms. The van der Waals surface area contributed by atoms with E-state index in [1.165, 1.54) is 25.7 Å². The van der Waals surface area contributed by atoms with E-state index in [1.807, 2.05) is 0 Å². The van der Waals surface area contributed by atoms with Gasteiger partial charge < -0.3 is 4.74 Å². The molecule has 1 heteroatoms. The van der Waals surface area contributed by atoms with Crippen molar-refractivity contribution in [1.29, 1.82) is 0 Å². The summed E-state index contributed by atoms with van der Waals surface area (Å²) in [7, 11) is 0. The van der Waals surface area contributed by atoms with Crippen LogP contribution in [0.2, 0.25) is 0 Å². The summed E-state index contributed by atoms with van der Waals surface area (Å²) in [5.74, 6) is 5.91. The van der Waals surface area contributed by atoms with E-state index in [9.17, 15) is 0 Å². The fourth-order valence-electron chi connectivity index (χ4n) is 8.56. The van der Waals surface area contributed by atoms with Crippen LogP contribution in [0.4, 0.5) is 0 Å². The molecule has 22 heavy (non-hydrogen) atoms. The topological polar surface area (TPSA) is 9.23 Å². The fraction of sp³-hybridized carbons (Fsp3) is 1.00. The highest BCUT2D eigenvalue weighted by Crippen LogP contribution is 2.80. The summed E-state index contributed by atoms with van der Waals surface area (Å²) in [6.45, 7) is 17.1. The lowest BCUT2D eigenvalue weighted by molar-refractivity contribution is -0.114. The maximum Gasteiger partial charge on any atom is 0.0536 e. The molecule has 1 aliphatic heterocycles. The van der Waals surface area contributed by atoms with Crippen molar-refractivity contribution in [3.63, 3.8) is 0 Å². The third kappa shape index (κ3) is 1.47. The van der Waals surface area contributed by atoms with E-state index in [2.05, 4.69) is 41.5 Å². The highest BCUT2D eigenvalue weighted by molar-refractivity contribution is 5.23. The minimum absolute atomic E-state index is 0.351. The summed E-state index contributed by atoms with van der Waals surface area (Å²) in [5, 5.41) is 0. The third-order valence-corrected chi connectivity index (χ3v) is 9.33. The first-order valence-corrected chi connectivity index (χ1v) is 9.89. The molecule has 0 aromatic heterocycles. The standard InChI is InChI=1S/C21H36O/c1-7-13-9-14(8-2)18-16-10-15(17(13)18)20(5,6)21(16)12-22-11-19(21,3)4/h13-18H,7-12H2,1-6H3. The average molecular weight is 305 g/mol. The van der Waals surface area contributed by atoms with Crippen molar-refractivity contribution in [3.05, 3.63) is 0 Å². The summed E-state index contributed by atoms with van der Waals surface area (Å²) in [5.41, 5.74) is 1.24. The summed E-state index contributed by atoms with van der Waals surface area (Å²) in [4.78, 5) is 0. The van der Waals surface area contributed by atoms with Crippen LogP contribution in [-0.2, 0) is 4.74 Å². The number of fused-ring (bicyclic) bond motifs is 6. The van der Waals surface area contributed by atoms with E-state index in [4.69, 9.17) is 4.74 Å². The number of hydrogen-bond acceptors (Lipinski definition) is 1. The zero-order valence-electron chi connectivity index (χ0n) is 15.6. The van der Waals surface area contributed by atoms with E-state index < -0.39 is 0 Å². The lowest BCUT2D eigenvalue weighted by atomic mass is 9.45. The van der Waals surface area contributed by atoms with Crippen molar-refractivity contribution in [2.75, 3.05) is 13.2 Å². The Morgan fingerprint density at radius 3 is 1.91 bits per heavy atom. The molecule has 1 saturated heterocycles. The molecule has 0 aromatic rings. The van der Waals surface area contributed by atoms with E-state index >= 15 is 0 Å². The average Bonchev–Trinajstić information content (AvgIpc) is 3.12. The van der Waals surface area contributed by atoms with Crippen molar-refractivity contribution in [3.8, 4) is 0 Å². The third-order valence-electron chi connectivity index (χ3n) is 9.33. The van der Waals surface area contributed by atoms with Crippen molar-refractivity contribution in [2.45, 2.75) is 67.2 Å². The smallest absolute Gasteiger partial charge is 0.0536 e. The van der Waals surface area contributed by atoms with Crippen LogP contribution in [0.3, 0.4) is 0 Å². The Morgan fingerprint density at radius 1 is 0.818 bits per heavy atom. The highest BCUT2D eigenvalue weighted by Gasteiger charge is 2.76. The Hall–Kier alpha value is -0.0400. The van der Waals surface area contributed by atoms with Crippen LogP contribution in [0, 0.1) is 51.8 Å². The lowest BCUT2D eigenvalue weighted by Gasteiger charge is -2.58. The molecule has 4 aliphatic rings. The van der Waals surface area contributed by atoms with Gasteiger partial charge in [-0.1, -0.05) is 54.4 Å². The van der Waals surface area contributed by atoms with E-state index in [1.54, 1.807) is 0 Å². The van der Waals surface area contributed by atoms with Crippen LogP contribution >= 0.6 is 0 Å². The lowest BCUT2D eigenvalue weighted by Crippen LogP contribution is -2.56. The van der Waals surface area contributed by atoms with Crippen LogP contribution in [0.25, 0.3) is 0 Å². The minimum atomic E-state index is 0.351. The van der Waals surface area contributed by atoms with Gasteiger partial charge in [0.2, 0.25) is 0 Å². The molecule has 1 nitrogen and oxygen atoms in total. The second-order valence-corrected chi connectivity index (χ2v) is 10.2. The van der Waals surface area contributed by atoms with Gasteiger partial charge in [-0.25, -0.2) is 0 Å². The monoisotopic (exact) mass is 304 g/mol. The van der Waals surface area contributed by atoms with Gasteiger partial charge in [0.15, 0.2) is 0 Å². The molecule has 4 fully saturated rings. The molecule has 0 amide bonds. The van der Waals surface area contributed by atoms with Gasteiger partial charge in [-0.3, -0.25) is 0 Å². The van der Waals surface area contributed by atoms with Gasteiger partial charge in [0.05, 0.1) is 13.2 Å². The van der Waals surface area contributed by atoms with E-state index in [0.29, 0.717) is 16.2 Å². The molecular weight excluding hydrogens is 268 g/mol. The van der Waals surface area contributed by atoms with Crippen LogP contribution < -0.4 is 0 Å². The van der Waals surface area contributed by atoms with Gasteiger partial charge in [-0.15, -0.1) is 0 Å². The maximum absolute atomic E-state index is 6.16. The quantitative estimate of drug-likeness (QED) is 0.664. The number of rotatable bonds is 2. The molecule has 3 aliphatic carbocycles. The normalized spacial score (nSPS) is 54.3. The molecule has 2 bridgehead atoms. The molecule has 126 valence electrons. The first-order valence-electron chi connectivity index (χ1n) is 9.89. The van der Waals surface area contributed by atoms with Gasteiger partial charge >= 0.3 is 0 Å². The maximum atomic E-state index is 6.16. The number of hydrogen-bond donors (Lipinski definition) is 0. The van der Waals surface area contributed by atoms with Gasteiger partial charge in [-0.05, 0) is 59.2 Å². The second kappa shape index (κ2) is 4.52. The second-order valence-electron chi connectivity index (χ2n) is 10.2. The molecule has 0 radical (unpaired) electrons. The minimum Gasteiger partial charge on any atom is -0.380 e. The van der Waals surface area contributed by atoms with Crippen LogP contribution in [0.15, 0.2) is 0 Å². The fourth-order valence-corrected chi connectivity index (χ4v) is 8.56. The molecule has 0 N–H and O–H groups in total. The van der Waals surface area contributed by atoms with Gasteiger partial charge in [-0.2, -0.15) is 0 Å². The van der Waals surface area contributed by atoms with E-state index in [0.717, 1.165) is 48.7 Å². The van der Waals surface area contributed by atoms with E-state index in [-0.39, 0.29) is 0 Å². The van der Waals surface area contributed by atoms with Crippen molar-refractivity contribution < 1.29 is 4.74 Å². The molecule has 3 saturated carbocycles. The first kappa shape index (κ1) is 15.5. The predicted molar refractivity (Wildman–Crippen MR) is 91.6 cm³/mol. The zero-order valence-corrected chi connectivity index (χ0v) is 15.6. The molecule has 4 rings (SSSR count). The summed E-state index contributed by atoms with van der Waals surface area (Å²) >= 11 is 0. The largest absolute Gasteiger partial charge is 0.380 e. The Bertz CT molecular complexity index is 465. The van der Waals surface area contributed by atoms with Gasteiger partial charge in [0.25, 0.3) is 0 Å². The predicted octanol–water partition coefficient (Wildman–Crippen LogP) is 5.39. The SMILES string of the molecule is CCC1CC(CC)C2C1C1CC2C2(COCC2(C)C)C1(C)C. The molecule has 7 atom stereocenters. The first-order chi connectivity index (χ1) is 10.3. The van der Waals surface area contributed by atoms with Crippen LogP contribution in [0.1, 0.15) is 67.2 Å². The molecule has 7 unspecified atom stereocenters. The summed E-state index contributed by atoms with van der Waals surface area (Å²) in [6.07, 6.45) is 5.83. The van der Waals surface area contributed by atoms with Crippen LogP contribution in [0.5, 0.6) is 0 Å². The van der Waals surface area contributed by atoms with Crippen LogP contribution in [-0.4, -0.2) is 13.2 Å². The zero-order chi connectivity index (χ0) is 15.9. The Morgan fingerprint density at radius 2 is 1.41 bits per heavy atom.